The van der Waals surface area contributed by atoms with Crippen molar-refractivity contribution in [2.75, 3.05) is 19.6 Å². The summed E-state index contributed by atoms with van der Waals surface area (Å²) in [6.45, 7) is 0.997. The van der Waals surface area contributed by atoms with Gasteiger partial charge in [0, 0.05) is 19.6 Å². The highest BCUT2D eigenvalue weighted by atomic mass is 32.2. The predicted octanol–water partition coefficient (Wildman–Crippen LogP) is 1.51. The maximum Gasteiger partial charge on any atom is 0.306 e. The van der Waals surface area contributed by atoms with Gasteiger partial charge in [-0.15, -0.1) is 0 Å². The molecule has 0 aromatic carbocycles. The molecule has 1 heterocycles. The third kappa shape index (κ3) is 4.79. The molecule has 0 amide bonds. The molecule has 0 atom stereocenters. The van der Waals surface area contributed by atoms with Crippen molar-refractivity contribution in [1.82, 2.24) is 9.03 Å². The van der Waals surface area contributed by atoms with Crippen molar-refractivity contribution in [2.24, 2.45) is 5.92 Å². The number of rotatable bonds is 6. The number of piperidine rings is 1. The van der Waals surface area contributed by atoms with E-state index in [-0.39, 0.29) is 13.1 Å². The van der Waals surface area contributed by atoms with Gasteiger partial charge < -0.3 is 5.11 Å². The van der Waals surface area contributed by atoms with Gasteiger partial charge in [-0.3, -0.25) is 4.79 Å². The lowest BCUT2D eigenvalue weighted by Gasteiger charge is -2.29. The minimum atomic E-state index is -3.47. The summed E-state index contributed by atoms with van der Waals surface area (Å²) in [6.07, 6.45) is 8.37. The highest BCUT2D eigenvalue weighted by Crippen LogP contribution is 2.21. The van der Waals surface area contributed by atoms with Crippen LogP contribution in [0.3, 0.4) is 0 Å². The van der Waals surface area contributed by atoms with E-state index in [9.17, 15) is 13.2 Å². The Morgan fingerprint density at radius 3 is 2.62 bits per heavy atom. The fourth-order valence-electron chi connectivity index (χ4n) is 2.91. The van der Waals surface area contributed by atoms with Gasteiger partial charge in [0.1, 0.15) is 0 Å². The molecule has 0 aromatic heterocycles. The first-order valence-electron chi connectivity index (χ1n) is 7.64. The van der Waals surface area contributed by atoms with Gasteiger partial charge in [-0.2, -0.15) is 12.7 Å². The third-order valence-electron chi connectivity index (χ3n) is 4.26. The maximum atomic E-state index is 12.2. The normalized spacial score (nSPS) is 22.0. The summed E-state index contributed by atoms with van der Waals surface area (Å²) in [6, 6.07) is 0. The molecule has 1 aliphatic carbocycles. The van der Waals surface area contributed by atoms with E-state index in [0.29, 0.717) is 19.4 Å². The molecule has 6 nitrogen and oxygen atoms in total. The first kappa shape index (κ1) is 16.5. The molecule has 0 bridgehead atoms. The minimum Gasteiger partial charge on any atom is -0.481 e. The summed E-state index contributed by atoms with van der Waals surface area (Å²) in [5, 5.41) is 8.92. The smallest absolute Gasteiger partial charge is 0.306 e. The minimum absolute atomic E-state index is 0.287. The Hall–Kier alpha value is -0.920. The molecule has 0 saturated carbocycles. The number of nitrogens with one attached hydrogen (secondary N) is 1. The van der Waals surface area contributed by atoms with Gasteiger partial charge in [0.25, 0.3) is 10.2 Å². The summed E-state index contributed by atoms with van der Waals surface area (Å²) in [4.78, 5) is 10.9. The number of carboxylic acids is 1. The van der Waals surface area contributed by atoms with Crippen LogP contribution in [0.15, 0.2) is 11.6 Å². The molecule has 120 valence electrons. The van der Waals surface area contributed by atoms with Crippen LogP contribution < -0.4 is 4.72 Å². The van der Waals surface area contributed by atoms with Crippen LogP contribution in [0, 0.1) is 5.92 Å². The second-order valence-corrected chi connectivity index (χ2v) is 7.52. The van der Waals surface area contributed by atoms with E-state index >= 15 is 0 Å². The van der Waals surface area contributed by atoms with Crippen molar-refractivity contribution in [3.8, 4) is 0 Å². The molecule has 21 heavy (non-hydrogen) atoms. The monoisotopic (exact) mass is 316 g/mol. The highest BCUT2D eigenvalue weighted by molar-refractivity contribution is 7.87. The highest BCUT2D eigenvalue weighted by Gasteiger charge is 2.30. The number of hydrogen-bond donors (Lipinski definition) is 2. The van der Waals surface area contributed by atoms with Crippen LogP contribution in [0.1, 0.15) is 44.9 Å². The molecular weight excluding hydrogens is 292 g/mol. The van der Waals surface area contributed by atoms with Crippen molar-refractivity contribution in [3.63, 3.8) is 0 Å². The molecule has 1 fully saturated rings. The fourth-order valence-corrected chi connectivity index (χ4v) is 4.14. The van der Waals surface area contributed by atoms with Crippen LogP contribution in [0.2, 0.25) is 0 Å². The topological polar surface area (TPSA) is 86.7 Å². The van der Waals surface area contributed by atoms with Crippen LogP contribution in [-0.2, 0) is 15.0 Å². The number of allylic oxidation sites excluding steroid dienone is 1. The van der Waals surface area contributed by atoms with Crippen LogP contribution >= 0.6 is 0 Å². The van der Waals surface area contributed by atoms with Gasteiger partial charge in [0.2, 0.25) is 0 Å². The molecule has 0 spiro atoms. The zero-order valence-corrected chi connectivity index (χ0v) is 13.1. The number of aliphatic carboxylic acids is 1. The van der Waals surface area contributed by atoms with E-state index in [1.165, 1.54) is 22.7 Å². The van der Waals surface area contributed by atoms with Crippen LogP contribution in [0.25, 0.3) is 0 Å². The summed E-state index contributed by atoms with van der Waals surface area (Å²) in [5.41, 5.74) is 1.34. The van der Waals surface area contributed by atoms with E-state index in [4.69, 9.17) is 5.11 Å². The lowest BCUT2D eigenvalue weighted by atomic mass is 9.97. The molecule has 2 aliphatic rings. The van der Waals surface area contributed by atoms with Gasteiger partial charge in [-0.25, -0.2) is 4.72 Å². The molecule has 0 aromatic rings. The van der Waals surface area contributed by atoms with Gasteiger partial charge in [0.15, 0.2) is 0 Å². The standard InChI is InChI=1S/C14H24N2O4S/c17-14(18)13-7-10-16(11-8-13)21(19,20)15-9-6-12-4-2-1-3-5-12/h4,13,15H,1-3,5-11H2,(H,17,18). The molecule has 7 heteroatoms. The Kier molecular flexibility index (Phi) is 5.78. The first-order valence-corrected chi connectivity index (χ1v) is 9.08. The van der Waals surface area contributed by atoms with Crippen molar-refractivity contribution >= 4 is 16.2 Å². The summed E-state index contributed by atoms with van der Waals surface area (Å²) in [7, 11) is -3.47. The Morgan fingerprint density at radius 1 is 1.33 bits per heavy atom. The van der Waals surface area contributed by atoms with E-state index in [1.807, 2.05) is 0 Å². The molecule has 2 N–H and O–H groups in total. The van der Waals surface area contributed by atoms with Crippen LogP contribution in [-0.4, -0.2) is 43.4 Å². The van der Waals surface area contributed by atoms with Gasteiger partial charge in [-0.1, -0.05) is 11.6 Å². The molecule has 1 aliphatic heterocycles. The Labute approximate surface area is 126 Å². The molecule has 1 saturated heterocycles. The Morgan fingerprint density at radius 2 is 2.05 bits per heavy atom. The molecule has 0 unspecified atom stereocenters. The quantitative estimate of drug-likeness (QED) is 0.727. The van der Waals surface area contributed by atoms with E-state index in [2.05, 4.69) is 10.8 Å². The van der Waals surface area contributed by atoms with Crippen molar-refractivity contribution in [2.45, 2.75) is 44.9 Å². The van der Waals surface area contributed by atoms with Crippen LogP contribution in [0.5, 0.6) is 0 Å². The zero-order valence-electron chi connectivity index (χ0n) is 12.3. The molecular formula is C14H24N2O4S. The number of nitrogens with zero attached hydrogens (tertiary/aromatic N) is 1. The average molecular weight is 316 g/mol. The molecule has 2 rings (SSSR count). The lowest BCUT2D eigenvalue weighted by molar-refractivity contribution is -0.142. The summed E-state index contributed by atoms with van der Waals surface area (Å²) >= 11 is 0. The van der Waals surface area contributed by atoms with Crippen molar-refractivity contribution in [3.05, 3.63) is 11.6 Å². The van der Waals surface area contributed by atoms with Crippen LogP contribution in [0.4, 0.5) is 0 Å². The SMILES string of the molecule is O=C(O)C1CCN(S(=O)(=O)NCCC2=CCCCC2)CC1. The average Bonchev–Trinajstić information content (AvgIpc) is 2.48. The van der Waals surface area contributed by atoms with Crippen molar-refractivity contribution < 1.29 is 18.3 Å². The van der Waals surface area contributed by atoms with E-state index < -0.39 is 22.1 Å². The largest absolute Gasteiger partial charge is 0.481 e. The number of hydrogen-bond acceptors (Lipinski definition) is 3. The Bertz CT molecular complexity index is 493. The first-order chi connectivity index (χ1) is 9.99. The van der Waals surface area contributed by atoms with Gasteiger partial charge in [0.05, 0.1) is 5.92 Å². The third-order valence-corrected chi connectivity index (χ3v) is 5.87. The summed E-state index contributed by atoms with van der Waals surface area (Å²) in [5.74, 6) is -1.24. The summed E-state index contributed by atoms with van der Waals surface area (Å²) < 4.78 is 28.3. The van der Waals surface area contributed by atoms with Gasteiger partial charge >= 0.3 is 5.97 Å². The second kappa shape index (κ2) is 7.38. The molecule has 0 radical (unpaired) electrons. The predicted molar refractivity (Wildman–Crippen MR) is 80.0 cm³/mol. The number of carboxylic acid groups (broad SMARTS) is 1. The lowest BCUT2D eigenvalue weighted by Crippen LogP contribution is -2.46. The van der Waals surface area contributed by atoms with Crippen molar-refractivity contribution in [1.29, 1.82) is 0 Å². The zero-order chi connectivity index (χ0) is 15.3. The second-order valence-electron chi connectivity index (χ2n) is 5.77. The number of carbonyl (C=O) groups is 1. The maximum absolute atomic E-state index is 12.2. The fraction of sp³-hybridized carbons (Fsp3) is 0.786. The van der Waals surface area contributed by atoms with Gasteiger partial charge in [-0.05, 0) is 44.9 Å². The van der Waals surface area contributed by atoms with E-state index in [0.717, 1.165) is 19.3 Å². The van der Waals surface area contributed by atoms with E-state index in [1.54, 1.807) is 0 Å². The Balaban J connectivity index is 1.77.